The largest absolute Gasteiger partial charge is 1.00 e. The van der Waals surface area contributed by atoms with Gasteiger partial charge in [-0.3, -0.25) is 4.79 Å². The monoisotopic (exact) mass is 267 g/mol. The van der Waals surface area contributed by atoms with Gasteiger partial charge in [-0.25, -0.2) is 0 Å². The van der Waals surface area contributed by atoms with E-state index in [4.69, 9.17) is 10.5 Å². The first-order valence-corrected chi connectivity index (χ1v) is 5.61. The molecule has 4 nitrogen and oxygen atoms in total. The van der Waals surface area contributed by atoms with E-state index in [1.807, 2.05) is 4.90 Å². The maximum Gasteiger partial charge on any atom is 1.00 e. The Kier molecular flexibility index (Phi) is 14.5. The van der Waals surface area contributed by atoms with Crippen molar-refractivity contribution in [3.63, 3.8) is 0 Å². The molecule has 1 aliphatic rings. The van der Waals surface area contributed by atoms with Crippen molar-refractivity contribution in [1.82, 2.24) is 4.90 Å². The van der Waals surface area contributed by atoms with Gasteiger partial charge in [-0.15, -0.1) is 0 Å². The molecule has 1 aliphatic heterocycles. The van der Waals surface area contributed by atoms with Crippen LogP contribution in [-0.4, -0.2) is 43.7 Å². The number of rotatable bonds is 5. The molecule has 2 N–H and O–H groups in total. The second-order valence-corrected chi connectivity index (χ2v) is 3.99. The van der Waals surface area contributed by atoms with Gasteiger partial charge in [-0.1, -0.05) is 0 Å². The molecule has 0 aliphatic carbocycles. The summed E-state index contributed by atoms with van der Waals surface area (Å²) in [5.41, 5.74) is 5.28. The van der Waals surface area contributed by atoms with Crippen LogP contribution in [0.5, 0.6) is 0 Å². The minimum Gasteiger partial charge on any atom is -0.380 e. The van der Waals surface area contributed by atoms with Crippen molar-refractivity contribution < 1.29 is 60.9 Å². The molecule has 0 unspecified atom stereocenters. The predicted octanol–water partition coefficient (Wildman–Crippen LogP) is -1.98. The molecule has 1 rings (SSSR count). The van der Waals surface area contributed by atoms with E-state index in [0.717, 1.165) is 25.9 Å². The Morgan fingerprint density at radius 2 is 1.94 bits per heavy atom. The number of piperidine rings is 1. The molecule has 96 valence electrons. The molecule has 0 aromatic carbocycles. The molecule has 0 aromatic rings. The predicted molar refractivity (Wildman–Crippen MR) is 65.6 cm³/mol. The van der Waals surface area contributed by atoms with Crippen LogP contribution in [0.4, 0.5) is 0 Å². The van der Waals surface area contributed by atoms with Gasteiger partial charge in [-0.05, 0) is 13.1 Å². The van der Waals surface area contributed by atoms with Crippen molar-refractivity contribution in [2.75, 3.05) is 32.8 Å². The zero-order chi connectivity index (χ0) is 11.1. The third-order valence-electron chi connectivity index (χ3n) is 2.69. The van der Waals surface area contributed by atoms with Crippen molar-refractivity contribution in [3.05, 3.63) is 13.3 Å². The summed E-state index contributed by atoms with van der Waals surface area (Å²) in [7, 11) is 0. The van der Waals surface area contributed by atoms with Crippen molar-refractivity contribution in [2.45, 2.75) is 26.2 Å². The van der Waals surface area contributed by atoms with E-state index in [2.05, 4.69) is 6.92 Å². The summed E-state index contributed by atoms with van der Waals surface area (Å²) < 4.78 is 5.19. The van der Waals surface area contributed by atoms with Crippen LogP contribution in [0.1, 0.15) is 26.2 Å². The molecule has 0 aromatic heterocycles. The Labute approximate surface area is 148 Å². The maximum atomic E-state index is 11.7. The summed E-state index contributed by atoms with van der Waals surface area (Å²) in [6, 6.07) is 0. The first-order chi connectivity index (χ1) is 7.24. The SMILES string of the molecule is C[C-]1CCN(C(=O)CCOCCN)CC1.[CH3-].[K+]. The minimum atomic E-state index is 0. The molecule has 1 amide bonds. The van der Waals surface area contributed by atoms with Crippen LogP contribution >= 0.6 is 0 Å². The van der Waals surface area contributed by atoms with E-state index < -0.39 is 0 Å². The number of hydrogen-bond donors (Lipinski definition) is 1. The molecular formula is C12H24KN2O2-. The van der Waals surface area contributed by atoms with Gasteiger partial charge in [0.2, 0.25) is 5.91 Å². The summed E-state index contributed by atoms with van der Waals surface area (Å²) >= 11 is 0. The van der Waals surface area contributed by atoms with E-state index in [1.165, 1.54) is 5.92 Å². The Morgan fingerprint density at radius 3 is 2.47 bits per heavy atom. The van der Waals surface area contributed by atoms with Crippen LogP contribution in [0, 0.1) is 13.3 Å². The van der Waals surface area contributed by atoms with E-state index in [9.17, 15) is 4.79 Å². The normalized spacial score (nSPS) is 16.0. The summed E-state index contributed by atoms with van der Waals surface area (Å²) in [6.07, 6.45) is 2.59. The number of nitrogens with two attached hydrogens (primary N) is 1. The van der Waals surface area contributed by atoms with Crippen LogP contribution in [0.15, 0.2) is 0 Å². The average molecular weight is 267 g/mol. The zero-order valence-electron chi connectivity index (χ0n) is 11.5. The molecule has 1 heterocycles. The van der Waals surface area contributed by atoms with Gasteiger partial charge in [0.25, 0.3) is 0 Å². The van der Waals surface area contributed by atoms with E-state index in [0.29, 0.717) is 26.2 Å². The van der Waals surface area contributed by atoms with Gasteiger partial charge in [0.15, 0.2) is 0 Å². The summed E-state index contributed by atoms with van der Waals surface area (Å²) in [6.45, 7) is 5.47. The number of ether oxygens (including phenoxy) is 1. The zero-order valence-corrected chi connectivity index (χ0v) is 14.6. The number of carbonyl (C=O) groups excluding carboxylic acids is 1. The maximum absolute atomic E-state index is 11.7. The second-order valence-electron chi connectivity index (χ2n) is 3.99. The number of likely N-dealkylation sites (tertiary alicyclic amines) is 1. The fourth-order valence-corrected chi connectivity index (χ4v) is 1.64. The smallest absolute Gasteiger partial charge is 0.380 e. The molecule has 17 heavy (non-hydrogen) atoms. The Balaban J connectivity index is 0. The number of hydrogen-bond acceptors (Lipinski definition) is 3. The van der Waals surface area contributed by atoms with E-state index >= 15 is 0 Å². The Hall–Kier alpha value is 1.03. The molecule has 0 spiro atoms. The average Bonchev–Trinajstić information content (AvgIpc) is 2.25. The van der Waals surface area contributed by atoms with E-state index in [1.54, 1.807) is 0 Å². The second kappa shape index (κ2) is 12.1. The van der Waals surface area contributed by atoms with Gasteiger partial charge in [0.1, 0.15) is 0 Å². The van der Waals surface area contributed by atoms with Crippen molar-refractivity contribution >= 4 is 5.91 Å². The number of amides is 1. The summed E-state index contributed by atoms with van der Waals surface area (Å²) in [4.78, 5) is 13.6. The third-order valence-corrected chi connectivity index (χ3v) is 2.69. The van der Waals surface area contributed by atoms with Crippen molar-refractivity contribution in [1.29, 1.82) is 0 Å². The third kappa shape index (κ3) is 8.70. The summed E-state index contributed by atoms with van der Waals surface area (Å²) in [5, 5.41) is 0. The molecule has 0 radical (unpaired) electrons. The first kappa shape index (κ1) is 20.3. The van der Waals surface area contributed by atoms with Crippen molar-refractivity contribution in [3.8, 4) is 0 Å². The number of carbonyl (C=O) groups is 1. The molecule has 5 heteroatoms. The molecule has 1 saturated heterocycles. The number of nitrogens with zero attached hydrogens (tertiary/aromatic N) is 1. The minimum absolute atomic E-state index is 0. The van der Waals surface area contributed by atoms with E-state index in [-0.39, 0.29) is 64.7 Å². The van der Waals surface area contributed by atoms with Gasteiger partial charge in [-0.2, -0.15) is 19.8 Å². The molecule has 0 atom stereocenters. The van der Waals surface area contributed by atoms with Crippen LogP contribution in [0.3, 0.4) is 0 Å². The van der Waals surface area contributed by atoms with Crippen LogP contribution in [-0.2, 0) is 9.53 Å². The van der Waals surface area contributed by atoms with Gasteiger partial charge in [0.05, 0.1) is 19.6 Å². The van der Waals surface area contributed by atoms with Gasteiger partial charge < -0.3 is 28.7 Å². The Morgan fingerprint density at radius 1 is 1.35 bits per heavy atom. The first-order valence-electron chi connectivity index (χ1n) is 5.61. The standard InChI is InChI=1S/C11H21N2O2.CH3.K/c1-10-2-6-13(7-3-10)11(14)4-8-15-9-5-12;;/h2-9,12H2,1H3;1H3;/q2*-1;+1. The molecule has 0 saturated carbocycles. The van der Waals surface area contributed by atoms with Gasteiger partial charge >= 0.3 is 51.4 Å². The van der Waals surface area contributed by atoms with Gasteiger partial charge in [0, 0.05) is 6.54 Å². The fourth-order valence-electron chi connectivity index (χ4n) is 1.64. The van der Waals surface area contributed by atoms with Crippen LogP contribution < -0.4 is 57.1 Å². The quantitative estimate of drug-likeness (QED) is 0.357. The molecule has 0 bridgehead atoms. The Bertz CT molecular complexity index is 195. The van der Waals surface area contributed by atoms with Crippen molar-refractivity contribution in [2.24, 2.45) is 5.73 Å². The molecular weight excluding hydrogens is 243 g/mol. The topological polar surface area (TPSA) is 55.6 Å². The summed E-state index contributed by atoms with van der Waals surface area (Å²) in [5.74, 6) is 1.71. The van der Waals surface area contributed by atoms with Crippen LogP contribution in [0.25, 0.3) is 0 Å². The fraction of sp³-hybridized carbons (Fsp3) is 0.750. The van der Waals surface area contributed by atoms with Crippen LogP contribution in [0.2, 0.25) is 0 Å². The molecule has 1 fully saturated rings.